The number of cyclic esters (lactones) is 2. The fourth-order valence-corrected chi connectivity index (χ4v) is 11.5. The second kappa shape index (κ2) is 18.8. The van der Waals surface area contributed by atoms with Crippen LogP contribution < -0.4 is 4.74 Å². The number of para-hydroxylation sites is 1. The minimum absolute atomic E-state index is 0.151. The summed E-state index contributed by atoms with van der Waals surface area (Å²) < 4.78 is 13.1. The Bertz CT molecular complexity index is 2630. The van der Waals surface area contributed by atoms with Crippen LogP contribution >= 0.6 is 0 Å². The summed E-state index contributed by atoms with van der Waals surface area (Å²) in [7, 11) is 0. The number of ether oxygens (including phenoxy) is 2. The van der Waals surface area contributed by atoms with E-state index >= 15 is 0 Å². The normalized spacial score (nSPS) is 13.9. The summed E-state index contributed by atoms with van der Waals surface area (Å²) in [5.41, 5.74) is 4.68. The van der Waals surface area contributed by atoms with Crippen molar-refractivity contribution in [1.82, 2.24) is 0 Å². The molecule has 0 amide bonds. The third-order valence-corrected chi connectivity index (χ3v) is 15.3. The average molecular weight is 863 g/mol. The van der Waals surface area contributed by atoms with Crippen molar-refractivity contribution in [2.75, 3.05) is 0 Å². The van der Waals surface area contributed by atoms with E-state index in [0.29, 0.717) is 28.0 Å². The minimum atomic E-state index is -0.626. The SMILES string of the molecule is CCCCCC(C)(C)c1ccc2ccc(C(C)(C)CCCCC)c3c4c(C(C)(C)CCCCC)c(Oc5ccccc5)c5c6c(cc(C(C)(C)CCCCC)c(c1c23)c64)C(=O)OC5=O. The number of carbonyl (C=O) groups is 2. The van der Waals surface area contributed by atoms with Crippen LogP contribution in [0, 0.1) is 0 Å². The first-order chi connectivity index (χ1) is 30.5. The molecule has 0 aliphatic carbocycles. The molecular weight excluding hydrogens is 785 g/mol. The molecule has 342 valence electrons. The zero-order chi connectivity index (χ0) is 46.2. The maximum absolute atomic E-state index is 14.9. The molecule has 6 aromatic rings. The van der Waals surface area contributed by atoms with Gasteiger partial charge >= 0.3 is 11.9 Å². The van der Waals surface area contributed by atoms with Gasteiger partial charge in [-0.2, -0.15) is 0 Å². The van der Waals surface area contributed by atoms with Gasteiger partial charge in [0.15, 0.2) is 0 Å². The number of esters is 2. The zero-order valence-electron chi connectivity index (χ0n) is 41.7. The van der Waals surface area contributed by atoms with Gasteiger partial charge in [0, 0.05) is 16.3 Å². The second-order valence-electron chi connectivity index (χ2n) is 22.1. The van der Waals surface area contributed by atoms with Crippen LogP contribution in [-0.4, -0.2) is 11.9 Å². The van der Waals surface area contributed by atoms with Crippen LogP contribution in [0.5, 0.6) is 11.5 Å². The highest BCUT2D eigenvalue weighted by Gasteiger charge is 2.43. The van der Waals surface area contributed by atoms with Crippen LogP contribution in [0.1, 0.15) is 229 Å². The van der Waals surface area contributed by atoms with Crippen LogP contribution in [0.25, 0.3) is 43.1 Å². The van der Waals surface area contributed by atoms with E-state index in [-0.39, 0.29) is 16.2 Å². The van der Waals surface area contributed by atoms with Crippen LogP contribution in [-0.2, 0) is 26.4 Å². The van der Waals surface area contributed by atoms with Crippen molar-refractivity contribution >= 4 is 55.0 Å². The summed E-state index contributed by atoms with van der Waals surface area (Å²) >= 11 is 0. The third kappa shape index (κ3) is 8.69. The van der Waals surface area contributed by atoms with Crippen molar-refractivity contribution in [3.63, 3.8) is 0 Å². The van der Waals surface area contributed by atoms with Crippen LogP contribution in [0.2, 0.25) is 0 Å². The second-order valence-corrected chi connectivity index (χ2v) is 22.1. The fourth-order valence-electron chi connectivity index (χ4n) is 11.5. The molecule has 64 heavy (non-hydrogen) atoms. The van der Waals surface area contributed by atoms with E-state index in [1.165, 1.54) is 62.9 Å². The summed E-state index contributed by atoms with van der Waals surface area (Å²) in [5, 5.41) is 9.17. The Labute approximate surface area is 385 Å². The minimum Gasteiger partial charge on any atom is -0.456 e. The Hall–Kier alpha value is -4.44. The van der Waals surface area contributed by atoms with Gasteiger partial charge < -0.3 is 9.47 Å². The molecule has 0 fully saturated rings. The van der Waals surface area contributed by atoms with Crippen molar-refractivity contribution in [1.29, 1.82) is 0 Å². The monoisotopic (exact) mass is 863 g/mol. The number of benzene rings is 6. The zero-order valence-corrected chi connectivity index (χ0v) is 41.7. The van der Waals surface area contributed by atoms with Crippen molar-refractivity contribution < 1.29 is 19.1 Å². The lowest BCUT2D eigenvalue weighted by atomic mass is 9.66. The lowest BCUT2D eigenvalue weighted by Crippen LogP contribution is -2.27. The van der Waals surface area contributed by atoms with E-state index in [2.05, 4.69) is 113 Å². The van der Waals surface area contributed by atoms with E-state index in [0.717, 1.165) is 99.8 Å². The summed E-state index contributed by atoms with van der Waals surface area (Å²) in [6, 6.07) is 21.6. The smallest absolute Gasteiger partial charge is 0.350 e. The van der Waals surface area contributed by atoms with E-state index in [1.54, 1.807) is 0 Å². The summed E-state index contributed by atoms with van der Waals surface area (Å²) in [5.74, 6) is -0.0138. The number of carbonyl (C=O) groups excluding carboxylic acids is 2. The standard InChI is InChI=1S/C60H78O4/c1-13-17-24-34-57(5,6)42-32-30-39-31-33-43(58(7,8)35-25-18-14-2)48-45(39)47(42)49-44(59(9,10)36-26-19-15-3)38-41-46-50(49)51(48)53(60(11,12)37-27-20-16-4)54(52(46)56(62)64-55(41)61)63-40-28-22-21-23-29-40/h21-23,28-33,38H,13-20,24-27,34-37H2,1-12H3. The first-order valence-corrected chi connectivity index (χ1v) is 25.3. The Morgan fingerprint density at radius 2 is 0.906 bits per heavy atom. The molecule has 0 unspecified atom stereocenters. The molecular formula is C60H78O4. The van der Waals surface area contributed by atoms with Gasteiger partial charge in [-0.25, -0.2) is 9.59 Å². The van der Waals surface area contributed by atoms with E-state index in [1.807, 2.05) is 30.3 Å². The maximum atomic E-state index is 14.9. The third-order valence-electron chi connectivity index (χ3n) is 15.3. The van der Waals surface area contributed by atoms with Gasteiger partial charge in [-0.1, -0.05) is 203 Å². The van der Waals surface area contributed by atoms with Gasteiger partial charge in [0.2, 0.25) is 0 Å². The van der Waals surface area contributed by atoms with E-state index in [4.69, 9.17) is 9.47 Å². The quantitative estimate of drug-likeness (QED) is 0.0224. The van der Waals surface area contributed by atoms with E-state index < -0.39 is 17.4 Å². The molecule has 0 aromatic heterocycles. The average Bonchev–Trinajstić information content (AvgIpc) is 3.24. The number of unbranched alkanes of at least 4 members (excludes halogenated alkanes) is 8. The Morgan fingerprint density at radius 3 is 1.41 bits per heavy atom. The lowest BCUT2D eigenvalue weighted by molar-refractivity contribution is 0.0389. The number of fused-ring (bicyclic) bond motifs is 2. The molecule has 0 N–H and O–H groups in total. The topological polar surface area (TPSA) is 52.6 Å². The van der Waals surface area contributed by atoms with Gasteiger partial charge in [0.1, 0.15) is 17.1 Å². The van der Waals surface area contributed by atoms with Crippen molar-refractivity contribution in [2.45, 2.75) is 207 Å². The van der Waals surface area contributed by atoms with Crippen molar-refractivity contribution in [2.24, 2.45) is 0 Å². The molecule has 7 rings (SSSR count). The molecule has 0 atom stereocenters. The predicted molar refractivity (Wildman–Crippen MR) is 273 cm³/mol. The largest absolute Gasteiger partial charge is 0.456 e. The molecule has 6 aromatic carbocycles. The molecule has 4 heteroatoms. The van der Waals surface area contributed by atoms with Gasteiger partial charge in [-0.3, -0.25) is 0 Å². The molecule has 0 saturated heterocycles. The predicted octanol–water partition coefficient (Wildman–Crippen LogP) is 18.3. The molecule has 1 heterocycles. The summed E-state index contributed by atoms with van der Waals surface area (Å²) in [6.07, 6.45) is 17.6. The molecule has 0 bridgehead atoms. The highest BCUT2D eigenvalue weighted by Crippen LogP contribution is 2.58. The number of hydrogen-bond donors (Lipinski definition) is 0. The number of rotatable bonds is 22. The van der Waals surface area contributed by atoms with Gasteiger partial charge in [-0.05, 0) is 115 Å². The van der Waals surface area contributed by atoms with Crippen molar-refractivity contribution in [3.8, 4) is 11.5 Å². The Kier molecular flexibility index (Phi) is 14.0. The molecule has 0 spiro atoms. The summed E-state index contributed by atoms with van der Waals surface area (Å²) in [6.45, 7) is 28.3. The molecule has 0 saturated carbocycles. The highest BCUT2D eigenvalue weighted by atomic mass is 16.6. The Balaban J connectivity index is 1.86. The Morgan fingerprint density at radius 1 is 0.453 bits per heavy atom. The first kappa shape index (κ1) is 47.5. The highest BCUT2D eigenvalue weighted by molar-refractivity contribution is 6.40. The van der Waals surface area contributed by atoms with Crippen molar-refractivity contribution in [3.05, 3.63) is 94.0 Å². The molecule has 0 radical (unpaired) electrons. The van der Waals surface area contributed by atoms with Gasteiger partial charge in [-0.15, -0.1) is 0 Å². The first-order valence-electron chi connectivity index (χ1n) is 25.3. The maximum Gasteiger partial charge on any atom is 0.350 e. The van der Waals surface area contributed by atoms with Crippen LogP contribution in [0.4, 0.5) is 0 Å². The number of hydrogen-bond acceptors (Lipinski definition) is 4. The van der Waals surface area contributed by atoms with Crippen LogP contribution in [0.3, 0.4) is 0 Å². The van der Waals surface area contributed by atoms with E-state index in [9.17, 15) is 9.59 Å². The van der Waals surface area contributed by atoms with Crippen LogP contribution in [0.15, 0.2) is 60.7 Å². The fraction of sp³-hybridized carbons (Fsp3) is 0.533. The summed E-state index contributed by atoms with van der Waals surface area (Å²) in [4.78, 5) is 29.5. The molecule has 1 aliphatic rings. The van der Waals surface area contributed by atoms with Gasteiger partial charge in [0.25, 0.3) is 0 Å². The molecule has 1 aliphatic heterocycles. The molecule has 4 nitrogen and oxygen atoms in total. The van der Waals surface area contributed by atoms with Gasteiger partial charge in [0.05, 0.1) is 5.56 Å². The lowest BCUT2D eigenvalue weighted by Gasteiger charge is -2.38.